The molecule has 0 radical (unpaired) electrons. The van der Waals surface area contributed by atoms with Gasteiger partial charge in [0.05, 0.1) is 13.2 Å². The molecule has 18 heavy (non-hydrogen) atoms. The van der Waals surface area contributed by atoms with E-state index >= 15 is 0 Å². The minimum absolute atomic E-state index is 0. The molecular formula is C11H26ClNO5. The maximum atomic E-state index is 5.52. The first-order valence-electron chi connectivity index (χ1n) is 6.26. The van der Waals surface area contributed by atoms with Gasteiger partial charge in [-0.1, -0.05) is 0 Å². The van der Waals surface area contributed by atoms with Crippen LogP contribution in [-0.2, 0) is 24.0 Å². The van der Waals surface area contributed by atoms with E-state index in [0.717, 1.165) is 0 Å². The molecular weight excluding hydrogens is 262 g/mol. The summed E-state index contributed by atoms with van der Waals surface area (Å²) in [7, 11) is 0. The highest BCUT2D eigenvalue weighted by Gasteiger charge is 2.46. The summed E-state index contributed by atoms with van der Waals surface area (Å²) >= 11 is 0. The van der Waals surface area contributed by atoms with Crippen molar-refractivity contribution < 1.29 is 41.4 Å². The number of quaternary nitrogens is 1. The first-order valence-corrected chi connectivity index (χ1v) is 6.26. The lowest BCUT2D eigenvalue weighted by Gasteiger charge is -2.32. The molecule has 0 aromatic rings. The van der Waals surface area contributed by atoms with Crippen molar-refractivity contribution in [3.05, 3.63) is 0 Å². The molecule has 0 aliphatic rings. The summed E-state index contributed by atoms with van der Waals surface area (Å²) in [6.45, 7) is 11.6. The van der Waals surface area contributed by atoms with Crippen LogP contribution >= 0.6 is 0 Å². The molecule has 0 saturated heterocycles. The number of hydroxylamine groups is 3. The van der Waals surface area contributed by atoms with E-state index in [1.807, 2.05) is 34.6 Å². The van der Waals surface area contributed by atoms with Crippen LogP contribution in [0.15, 0.2) is 0 Å². The molecule has 7 heteroatoms. The van der Waals surface area contributed by atoms with Gasteiger partial charge in [0.1, 0.15) is 19.8 Å². The Labute approximate surface area is 116 Å². The molecule has 0 amide bonds. The van der Waals surface area contributed by atoms with Crippen LogP contribution in [0.4, 0.5) is 0 Å². The van der Waals surface area contributed by atoms with Gasteiger partial charge in [0.25, 0.3) is 0 Å². The molecule has 0 heterocycles. The average Bonchev–Trinajstić information content (AvgIpc) is 2.29. The third-order valence-electron chi connectivity index (χ3n) is 1.80. The Balaban J connectivity index is 0. The SMILES string of the molecule is CCOC(OCC)[N+](OCC)(OCC)OCC.[Cl-]. The Bertz CT molecular complexity index is 162. The number of rotatable bonds is 11. The molecule has 0 N–H and O–H groups in total. The molecule has 0 saturated carbocycles. The molecule has 0 rings (SSSR count). The van der Waals surface area contributed by atoms with Gasteiger partial charge >= 0.3 is 6.41 Å². The van der Waals surface area contributed by atoms with Crippen LogP contribution in [0.25, 0.3) is 0 Å². The van der Waals surface area contributed by atoms with Crippen LogP contribution < -0.4 is 12.4 Å². The molecule has 0 aliphatic heterocycles. The Morgan fingerprint density at radius 3 is 1.22 bits per heavy atom. The van der Waals surface area contributed by atoms with E-state index < -0.39 is 11.4 Å². The molecule has 0 atom stereocenters. The third-order valence-corrected chi connectivity index (χ3v) is 1.80. The molecule has 0 aromatic carbocycles. The van der Waals surface area contributed by atoms with Crippen molar-refractivity contribution in [3.8, 4) is 0 Å². The zero-order chi connectivity index (χ0) is 13.1. The molecule has 0 aliphatic carbocycles. The van der Waals surface area contributed by atoms with Crippen LogP contribution in [0.1, 0.15) is 34.6 Å². The number of hydrogen-bond donors (Lipinski definition) is 0. The smallest absolute Gasteiger partial charge is 0.406 e. The predicted molar refractivity (Wildman–Crippen MR) is 62.2 cm³/mol. The van der Waals surface area contributed by atoms with E-state index in [9.17, 15) is 0 Å². The van der Waals surface area contributed by atoms with Crippen LogP contribution in [0.5, 0.6) is 0 Å². The van der Waals surface area contributed by atoms with Gasteiger partial charge in [0.2, 0.25) is 0 Å². The van der Waals surface area contributed by atoms with E-state index in [-0.39, 0.29) is 12.4 Å². The second-order valence-electron chi connectivity index (χ2n) is 3.01. The summed E-state index contributed by atoms with van der Waals surface area (Å²) in [5.74, 6) is 0. The summed E-state index contributed by atoms with van der Waals surface area (Å²) in [6.07, 6.45) is -0.746. The van der Waals surface area contributed by atoms with Crippen LogP contribution in [0.2, 0.25) is 0 Å². The van der Waals surface area contributed by atoms with Gasteiger partial charge in [-0.3, -0.25) is 9.47 Å². The minimum atomic E-state index is -0.746. The lowest BCUT2D eigenvalue weighted by Crippen LogP contribution is -3.00. The van der Waals surface area contributed by atoms with Crippen LogP contribution in [0.3, 0.4) is 0 Å². The maximum absolute atomic E-state index is 5.52. The minimum Gasteiger partial charge on any atom is -1.00 e. The topological polar surface area (TPSA) is 46.2 Å². The molecule has 6 nitrogen and oxygen atoms in total. The number of hydrogen-bond acceptors (Lipinski definition) is 5. The molecule has 0 fully saturated rings. The highest BCUT2D eigenvalue weighted by molar-refractivity contribution is 4.20. The van der Waals surface area contributed by atoms with Crippen molar-refractivity contribution in [1.29, 1.82) is 0 Å². The zero-order valence-electron chi connectivity index (χ0n) is 12.0. The molecule has 0 unspecified atom stereocenters. The average molecular weight is 288 g/mol. The second kappa shape index (κ2) is 12.1. The van der Waals surface area contributed by atoms with Crippen molar-refractivity contribution in [1.82, 2.24) is 0 Å². The van der Waals surface area contributed by atoms with Crippen molar-refractivity contribution in [2.75, 3.05) is 33.0 Å². The first-order chi connectivity index (χ1) is 8.20. The van der Waals surface area contributed by atoms with Gasteiger partial charge < -0.3 is 12.4 Å². The Morgan fingerprint density at radius 2 is 1.00 bits per heavy atom. The number of halogens is 1. The third kappa shape index (κ3) is 6.29. The van der Waals surface area contributed by atoms with Crippen molar-refractivity contribution in [2.45, 2.75) is 41.0 Å². The Hall–Kier alpha value is 0.0500. The van der Waals surface area contributed by atoms with Gasteiger partial charge in [-0.05, 0) is 34.6 Å². The van der Waals surface area contributed by atoms with E-state index in [1.165, 1.54) is 0 Å². The van der Waals surface area contributed by atoms with Crippen LogP contribution in [0, 0.1) is 0 Å². The van der Waals surface area contributed by atoms with Gasteiger partial charge in [0, 0.05) is 0 Å². The summed E-state index contributed by atoms with van der Waals surface area (Å²) in [6, 6.07) is 0. The fourth-order valence-electron chi connectivity index (χ4n) is 1.35. The van der Waals surface area contributed by atoms with E-state index in [2.05, 4.69) is 0 Å². The standard InChI is InChI=1S/C11H26NO5.ClH/c1-6-13-11(14-7-2)12(15-8-3,16-9-4)17-10-5;/h11H,6-10H2,1-5H3;1H/q+1;/p-1. The fraction of sp³-hybridized carbons (Fsp3) is 1.00. The molecule has 0 spiro atoms. The Morgan fingerprint density at radius 1 is 0.667 bits per heavy atom. The maximum Gasteiger partial charge on any atom is 0.406 e. The molecule has 112 valence electrons. The molecule has 0 bridgehead atoms. The van der Waals surface area contributed by atoms with E-state index in [4.69, 9.17) is 24.0 Å². The summed E-state index contributed by atoms with van der Waals surface area (Å²) in [4.78, 5) is 16.0. The van der Waals surface area contributed by atoms with Gasteiger partial charge in [-0.2, -0.15) is 0 Å². The molecule has 0 aromatic heterocycles. The number of nitrogens with zero attached hydrogens (tertiary/aromatic N) is 1. The fourth-order valence-corrected chi connectivity index (χ4v) is 1.35. The lowest BCUT2D eigenvalue weighted by atomic mass is 10.8. The van der Waals surface area contributed by atoms with Crippen molar-refractivity contribution >= 4 is 0 Å². The van der Waals surface area contributed by atoms with Gasteiger partial charge in [-0.15, -0.1) is 14.5 Å². The van der Waals surface area contributed by atoms with Crippen molar-refractivity contribution in [3.63, 3.8) is 0 Å². The summed E-state index contributed by atoms with van der Waals surface area (Å²) in [5, 5.41) is 0. The number of ether oxygens (including phenoxy) is 2. The largest absolute Gasteiger partial charge is 1.00 e. The van der Waals surface area contributed by atoms with Crippen molar-refractivity contribution in [2.24, 2.45) is 0 Å². The van der Waals surface area contributed by atoms with Gasteiger partial charge in [-0.25, -0.2) is 0 Å². The van der Waals surface area contributed by atoms with Crippen LogP contribution in [-0.4, -0.2) is 44.4 Å². The summed E-state index contributed by atoms with van der Waals surface area (Å²) in [5.41, 5.74) is 0. The van der Waals surface area contributed by atoms with E-state index in [0.29, 0.717) is 33.0 Å². The highest BCUT2D eigenvalue weighted by Crippen LogP contribution is 2.20. The van der Waals surface area contributed by atoms with Gasteiger partial charge in [0.15, 0.2) is 4.97 Å². The van der Waals surface area contributed by atoms with E-state index in [1.54, 1.807) is 0 Å². The normalized spacial score (nSPS) is 11.7. The predicted octanol–water partition coefficient (Wildman–Crippen LogP) is -0.982. The highest BCUT2D eigenvalue weighted by atomic mass is 35.5. The summed E-state index contributed by atoms with van der Waals surface area (Å²) < 4.78 is 11.0. The Kier molecular flexibility index (Phi) is 13.7. The second-order valence-corrected chi connectivity index (χ2v) is 3.01. The lowest BCUT2D eigenvalue weighted by molar-refractivity contribution is -1.40. The first kappa shape index (κ1) is 20.4. The quantitative estimate of drug-likeness (QED) is 0.278. The zero-order valence-corrected chi connectivity index (χ0v) is 12.7. The monoisotopic (exact) mass is 287 g/mol.